The maximum absolute atomic E-state index is 12.7. The molecule has 1 aromatic carbocycles. The van der Waals surface area contributed by atoms with E-state index in [1.807, 2.05) is 24.3 Å². The van der Waals surface area contributed by atoms with Crippen LogP contribution < -0.4 is 10.1 Å². The molecule has 30 heavy (non-hydrogen) atoms. The number of carbonyl (C=O) groups is 1. The van der Waals surface area contributed by atoms with E-state index in [-0.39, 0.29) is 17.6 Å². The SMILES string of the molecule is COc1ccc(C(CNC(=O)c2cc(-c3ccncc3)on2)N2CCOCC2)cc1. The number of nitrogens with zero attached hydrogens (tertiary/aromatic N) is 3. The summed E-state index contributed by atoms with van der Waals surface area (Å²) in [7, 11) is 1.65. The first kappa shape index (κ1) is 20.1. The lowest BCUT2D eigenvalue weighted by Gasteiger charge is -2.34. The van der Waals surface area contributed by atoms with E-state index in [4.69, 9.17) is 14.0 Å². The molecular weight excluding hydrogens is 384 g/mol. The van der Waals surface area contributed by atoms with Gasteiger partial charge in [0.15, 0.2) is 11.5 Å². The lowest BCUT2D eigenvalue weighted by atomic mass is 10.0. The monoisotopic (exact) mass is 408 g/mol. The van der Waals surface area contributed by atoms with Gasteiger partial charge in [-0.25, -0.2) is 0 Å². The number of hydrogen-bond acceptors (Lipinski definition) is 7. The summed E-state index contributed by atoms with van der Waals surface area (Å²) < 4.78 is 16.1. The van der Waals surface area contributed by atoms with Crippen LogP contribution in [0.3, 0.4) is 0 Å². The van der Waals surface area contributed by atoms with Gasteiger partial charge in [0.2, 0.25) is 0 Å². The molecule has 0 saturated carbocycles. The molecule has 3 heterocycles. The van der Waals surface area contributed by atoms with Crippen LogP contribution in [0.25, 0.3) is 11.3 Å². The van der Waals surface area contributed by atoms with Crippen molar-refractivity contribution in [3.63, 3.8) is 0 Å². The molecule has 0 aliphatic carbocycles. The number of pyridine rings is 1. The van der Waals surface area contributed by atoms with Crippen LogP contribution in [0.4, 0.5) is 0 Å². The molecule has 1 amide bonds. The highest BCUT2D eigenvalue weighted by Crippen LogP contribution is 2.24. The number of morpholine rings is 1. The summed E-state index contributed by atoms with van der Waals surface area (Å²) in [6.45, 7) is 3.42. The molecule has 1 aliphatic rings. The van der Waals surface area contributed by atoms with Crippen LogP contribution >= 0.6 is 0 Å². The number of carbonyl (C=O) groups excluding carboxylic acids is 1. The summed E-state index contributed by atoms with van der Waals surface area (Å²) in [6, 6.07) is 13.2. The van der Waals surface area contributed by atoms with Gasteiger partial charge in [-0.05, 0) is 29.8 Å². The van der Waals surface area contributed by atoms with E-state index in [1.54, 1.807) is 37.7 Å². The molecule has 1 N–H and O–H groups in total. The third kappa shape index (κ3) is 4.67. The molecular formula is C22H24N4O4. The Hall–Kier alpha value is -3.23. The van der Waals surface area contributed by atoms with Crippen LogP contribution in [0.15, 0.2) is 59.4 Å². The minimum atomic E-state index is -0.272. The lowest BCUT2D eigenvalue weighted by Crippen LogP contribution is -2.43. The van der Waals surface area contributed by atoms with Crippen LogP contribution in [0.1, 0.15) is 22.1 Å². The second kappa shape index (κ2) is 9.51. The van der Waals surface area contributed by atoms with Crippen LogP contribution in [-0.4, -0.2) is 60.9 Å². The molecule has 1 aliphatic heterocycles. The fraction of sp³-hybridized carbons (Fsp3) is 0.318. The zero-order valence-corrected chi connectivity index (χ0v) is 16.8. The standard InChI is InChI=1S/C22H24N4O4/c1-28-18-4-2-16(3-5-18)20(26-10-12-29-13-11-26)15-24-22(27)19-14-21(30-25-19)17-6-8-23-9-7-17/h2-9,14,20H,10-13,15H2,1H3,(H,24,27). The van der Waals surface area contributed by atoms with Gasteiger partial charge in [0.05, 0.1) is 26.4 Å². The van der Waals surface area contributed by atoms with Crippen molar-refractivity contribution in [1.29, 1.82) is 0 Å². The van der Waals surface area contributed by atoms with Crippen molar-refractivity contribution in [2.24, 2.45) is 0 Å². The minimum absolute atomic E-state index is 0.0234. The van der Waals surface area contributed by atoms with E-state index in [1.165, 1.54) is 0 Å². The van der Waals surface area contributed by atoms with Crippen molar-refractivity contribution in [3.8, 4) is 17.1 Å². The topological polar surface area (TPSA) is 89.7 Å². The van der Waals surface area contributed by atoms with Crippen molar-refractivity contribution in [1.82, 2.24) is 20.4 Å². The molecule has 8 nitrogen and oxygen atoms in total. The fourth-order valence-corrected chi connectivity index (χ4v) is 3.49. The van der Waals surface area contributed by atoms with Gasteiger partial charge < -0.3 is 19.3 Å². The first-order chi connectivity index (χ1) is 14.7. The van der Waals surface area contributed by atoms with E-state index >= 15 is 0 Å². The Bertz CT molecular complexity index is 953. The summed E-state index contributed by atoms with van der Waals surface area (Å²) in [5, 5.41) is 6.92. The van der Waals surface area contributed by atoms with Gasteiger partial charge in [0.1, 0.15) is 5.75 Å². The lowest BCUT2D eigenvalue weighted by molar-refractivity contribution is 0.0162. The normalized spacial score (nSPS) is 15.5. The van der Waals surface area contributed by atoms with Crippen molar-refractivity contribution in [2.45, 2.75) is 6.04 Å². The Kier molecular flexibility index (Phi) is 6.36. The number of amides is 1. The van der Waals surface area contributed by atoms with Gasteiger partial charge in [-0.15, -0.1) is 0 Å². The third-order valence-electron chi connectivity index (χ3n) is 5.15. The highest BCUT2D eigenvalue weighted by Gasteiger charge is 2.24. The fourth-order valence-electron chi connectivity index (χ4n) is 3.49. The molecule has 0 spiro atoms. The van der Waals surface area contributed by atoms with Crippen molar-refractivity contribution >= 4 is 5.91 Å². The molecule has 0 radical (unpaired) electrons. The van der Waals surface area contributed by atoms with E-state index < -0.39 is 0 Å². The summed E-state index contributed by atoms with van der Waals surface area (Å²) in [5.74, 6) is 1.06. The van der Waals surface area contributed by atoms with E-state index in [2.05, 4.69) is 20.4 Å². The number of ether oxygens (including phenoxy) is 2. The Labute approximate surface area is 174 Å². The predicted octanol–water partition coefficient (Wildman–Crippen LogP) is 2.55. The Morgan fingerprint density at radius 2 is 1.90 bits per heavy atom. The molecule has 0 bridgehead atoms. The first-order valence-corrected chi connectivity index (χ1v) is 9.85. The van der Waals surface area contributed by atoms with Crippen LogP contribution in [0, 0.1) is 0 Å². The summed E-state index contributed by atoms with van der Waals surface area (Å²) in [6.07, 6.45) is 3.33. The molecule has 1 saturated heterocycles. The number of benzene rings is 1. The second-order valence-corrected chi connectivity index (χ2v) is 6.96. The van der Waals surface area contributed by atoms with Crippen LogP contribution in [0.5, 0.6) is 5.75 Å². The number of rotatable bonds is 7. The number of aromatic nitrogens is 2. The van der Waals surface area contributed by atoms with Crippen LogP contribution in [0.2, 0.25) is 0 Å². The van der Waals surface area contributed by atoms with E-state index in [9.17, 15) is 4.79 Å². The molecule has 1 fully saturated rings. The molecule has 1 atom stereocenters. The largest absolute Gasteiger partial charge is 0.497 e. The maximum atomic E-state index is 12.7. The smallest absolute Gasteiger partial charge is 0.273 e. The zero-order valence-electron chi connectivity index (χ0n) is 16.8. The predicted molar refractivity (Wildman–Crippen MR) is 110 cm³/mol. The summed E-state index contributed by atoms with van der Waals surface area (Å²) in [5.41, 5.74) is 2.17. The van der Waals surface area contributed by atoms with Crippen molar-refractivity contribution in [2.75, 3.05) is 40.0 Å². The van der Waals surface area contributed by atoms with E-state index in [0.29, 0.717) is 25.5 Å². The molecule has 2 aromatic heterocycles. The van der Waals surface area contributed by atoms with Gasteiger partial charge in [0.25, 0.3) is 5.91 Å². The molecule has 8 heteroatoms. The van der Waals surface area contributed by atoms with Gasteiger partial charge in [-0.1, -0.05) is 17.3 Å². The van der Waals surface area contributed by atoms with Gasteiger partial charge in [-0.2, -0.15) is 0 Å². The third-order valence-corrected chi connectivity index (χ3v) is 5.15. The first-order valence-electron chi connectivity index (χ1n) is 9.85. The van der Waals surface area contributed by atoms with E-state index in [0.717, 1.165) is 30.0 Å². The quantitative estimate of drug-likeness (QED) is 0.643. The van der Waals surface area contributed by atoms with Gasteiger partial charge in [0, 0.05) is 43.7 Å². The number of methoxy groups -OCH3 is 1. The Morgan fingerprint density at radius 1 is 1.17 bits per heavy atom. The Balaban J connectivity index is 1.46. The maximum Gasteiger partial charge on any atom is 0.273 e. The Morgan fingerprint density at radius 3 is 2.60 bits per heavy atom. The molecule has 3 aromatic rings. The highest BCUT2D eigenvalue weighted by molar-refractivity contribution is 5.93. The highest BCUT2D eigenvalue weighted by atomic mass is 16.5. The summed E-state index contributed by atoms with van der Waals surface area (Å²) in [4.78, 5) is 19.0. The van der Waals surface area contributed by atoms with Crippen molar-refractivity contribution < 1.29 is 18.8 Å². The number of nitrogens with one attached hydrogen (secondary N) is 1. The average molecular weight is 408 g/mol. The van der Waals surface area contributed by atoms with Gasteiger partial charge >= 0.3 is 0 Å². The molecule has 1 unspecified atom stereocenters. The van der Waals surface area contributed by atoms with Crippen molar-refractivity contribution in [3.05, 3.63) is 66.1 Å². The summed E-state index contributed by atoms with van der Waals surface area (Å²) >= 11 is 0. The van der Waals surface area contributed by atoms with Crippen LogP contribution in [-0.2, 0) is 4.74 Å². The number of hydrogen-bond donors (Lipinski definition) is 1. The minimum Gasteiger partial charge on any atom is -0.497 e. The zero-order chi connectivity index (χ0) is 20.8. The molecule has 4 rings (SSSR count). The second-order valence-electron chi connectivity index (χ2n) is 6.96. The van der Waals surface area contributed by atoms with Gasteiger partial charge in [-0.3, -0.25) is 14.7 Å². The average Bonchev–Trinajstić information content (AvgIpc) is 3.31. The molecule has 156 valence electrons.